The van der Waals surface area contributed by atoms with Crippen LogP contribution in [0.3, 0.4) is 0 Å². The third-order valence-electron chi connectivity index (χ3n) is 5.74. The number of alkyl halides is 3. The number of ether oxygens (including phenoxy) is 2. The van der Waals surface area contributed by atoms with E-state index in [2.05, 4.69) is 20.5 Å². The van der Waals surface area contributed by atoms with Gasteiger partial charge in [-0.2, -0.15) is 5.10 Å². The number of aromatic nitrogens is 2. The SMILES string of the molecule is C[C@H]1C(=O)NC[C@@H]1C(=O)Nc1cc(-c2cccc(OC(F)(F)F)c2)n(C2CCOCC2)n1. The summed E-state index contributed by atoms with van der Waals surface area (Å²) in [7, 11) is 0. The second-order valence-electron chi connectivity index (χ2n) is 7.91. The van der Waals surface area contributed by atoms with Gasteiger partial charge in [0.2, 0.25) is 11.8 Å². The minimum Gasteiger partial charge on any atom is -0.406 e. The molecule has 2 aromatic rings. The van der Waals surface area contributed by atoms with E-state index in [1.54, 1.807) is 23.7 Å². The molecule has 2 N–H and O–H groups in total. The summed E-state index contributed by atoms with van der Waals surface area (Å²) in [5.74, 6) is -1.57. The lowest BCUT2D eigenvalue weighted by molar-refractivity contribution is -0.274. The van der Waals surface area contributed by atoms with Crippen LogP contribution < -0.4 is 15.4 Å². The lowest BCUT2D eigenvalue weighted by Crippen LogP contribution is -2.28. The quantitative estimate of drug-likeness (QED) is 0.727. The summed E-state index contributed by atoms with van der Waals surface area (Å²) >= 11 is 0. The number of hydrogen-bond donors (Lipinski definition) is 2. The van der Waals surface area contributed by atoms with Crippen molar-refractivity contribution in [3.8, 4) is 17.0 Å². The van der Waals surface area contributed by atoms with E-state index in [1.165, 1.54) is 18.2 Å². The first-order chi connectivity index (χ1) is 15.2. The van der Waals surface area contributed by atoms with E-state index in [1.807, 2.05) is 0 Å². The molecule has 2 aliphatic rings. The van der Waals surface area contributed by atoms with Crippen molar-refractivity contribution in [2.75, 3.05) is 25.1 Å². The second kappa shape index (κ2) is 8.81. The maximum absolute atomic E-state index is 12.7. The Morgan fingerprint density at radius 1 is 1.28 bits per heavy atom. The van der Waals surface area contributed by atoms with Gasteiger partial charge in [-0.1, -0.05) is 19.1 Å². The maximum atomic E-state index is 12.7. The lowest BCUT2D eigenvalue weighted by Gasteiger charge is -2.24. The number of halogens is 3. The summed E-state index contributed by atoms with van der Waals surface area (Å²) in [6.07, 6.45) is -3.44. The molecule has 0 spiro atoms. The number of hydrogen-bond acceptors (Lipinski definition) is 5. The first kappa shape index (κ1) is 22.1. The number of carbonyl (C=O) groups is 2. The van der Waals surface area contributed by atoms with Crippen molar-refractivity contribution in [3.63, 3.8) is 0 Å². The molecule has 0 bridgehead atoms. The van der Waals surface area contributed by atoms with Crippen LogP contribution in [0.4, 0.5) is 19.0 Å². The number of rotatable bonds is 5. The summed E-state index contributed by atoms with van der Waals surface area (Å²) in [6.45, 7) is 3.01. The fourth-order valence-corrected chi connectivity index (χ4v) is 4.00. The highest BCUT2D eigenvalue weighted by Crippen LogP contribution is 2.33. The van der Waals surface area contributed by atoms with Crippen molar-refractivity contribution in [2.45, 2.75) is 32.2 Å². The fraction of sp³-hybridized carbons (Fsp3) is 0.476. The van der Waals surface area contributed by atoms with E-state index in [0.717, 1.165) is 0 Å². The van der Waals surface area contributed by atoms with Crippen LogP contribution in [0.15, 0.2) is 30.3 Å². The lowest BCUT2D eigenvalue weighted by atomic mass is 9.97. The molecule has 8 nitrogen and oxygen atoms in total. The van der Waals surface area contributed by atoms with Gasteiger partial charge in [-0.15, -0.1) is 13.2 Å². The number of benzene rings is 1. The molecule has 3 heterocycles. The number of amides is 2. The summed E-state index contributed by atoms with van der Waals surface area (Å²) in [4.78, 5) is 24.4. The Balaban J connectivity index is 1.64. The molecule has 172 valence electrons. The Bertz CT molecular complexity index is 1000. The maximum Gasteiger partial charge on any atom is 0.573 e. The largest absolute Gasteiger partial charge is 0.573 e. The van der Waals surface area contributed by atoms with Gasteiger partial charge in [0.25, 0.3) is 0 Å². The van der Waals surface area contributed by atoms with E-state index >= 15 is 0 Å². The van der Waals surface area contributed by atoms with Crippen LogP contribution in [0.25, 0.3) is 11.3 Å². The Morgan fingerprint density at radius 3 is 2.69 bits per heavy atom. The Labute approximate surface area is 182 Å². The number of carbonyl (C=O) groups excluding carboxylic acids is 2. The molecule has 1 aromatic carbocycles. The molecule has 2 fully saturated rings. The van der Waals surface area contributed by atoms with Gasteiger partial charge in [0.1, 0.15) is 5.75 Å². The minimum atomic E-state index is -4.80. The van der Waals surface area contributed by atoms with Crippen molar-refractivity contribution in [1.82, 2.24) is 15.1 Å². The molecule has 0 unspecified atom stereocenters. The van der Waals surface area contributed by atoms with E-state index in [9.17, 15) is 22.8 Å². The van der Waals surface area contributed by atoms with E-state index < -0.39 is 18.2 Å². The zero-order chi connectivity index (χ0) is 22.9. The number of anilines is 1. The highest BCUT2D eigenvalue weighted by molar-refractivity contribution is 5.97. The normalized spacial score (nSPS) is 21.9. The highest BCUT2D eigenvalue weighted by atomic mass is 19.4. The second-order valence-corrected chi connectivity index (χ2v) is 7.91. The average Bonchev–Trinajstić information content (AvgIpc) is 3.31. The highest BCUT2D eigenvalue weighted by Gasteiger charge is 2.36. The van der Waals surface area contributed by atoms with E-state index in [4.69, 9.17) is 4.74 Å². The molecule has 2 amide bonds. The first-order valence-corrected chi connectivity index (χ1v) is 10.3. The summed E-state index contributed by atoms with van der Waals surface area (Å²) in [5.41, 5.74) is 1.02. The van der Waals surface area contributed by atoms with Crippen molar-refractivity contribution < 1.29 is 32.2 Å². The van der Waals surface area contributed by atoms with Crippen LogP contribution in [0, 0.1) is 11.8 Å². The van der Waals surface area contributed by atoms with Crippen LogP contribution in [0.1, 0.15) is 25.8 Å². The third kappa shape index (κ3) is 4.87. The van der Waals surface area contributed by atoms with E-state index in [-0.39, 0.29) is 36.0 Å². The molecule has 0 radical (unpaired) electrons. The molecule has 0 saturated carbocycles. The number of nitrogens with one attached hydrogen (secondary N) is 2. The van der Waals surface area contributed by atoms with Crippen molar-refractivity contribution >= 4 is 17.6 Å². The fourth-order valence-electron chi connectivity index (χ4n) is 4.00. The zero-order valence-corrected chi connectivity index (χ0v) is 17.3. The van der Waals surface area contributed by atoms with Gasteiger partial charge < -0.3 is 20.1 Å². The van der Waals surface area contributed by atoms with Gasteiger partial charge in [0.15, 0.2) is 5.82 Å². The zero-order valence-electron chi connectivity index (χ0n) is 17.3. The summed E-state index contributed by atoms with van der Waals surface area (Å²) in [5, 5.41) is 9.94. The van der Waals surface area contributed by atoms with Crippen molar-refractivity contribution in [2.24, 2.45) is 11.8 Å². The van der Waals surface area contributed by atoms with Gasteiger partial charge in [-0.3, -0.25) is 14.3 Å². The van der Waals surface area contributed by atoms with Crippen LogP contribution in [0.2, 0.25) is 0 Å². The predicted molar refractivity (Wildman–Crippen MR) is 108 cm³/mol. The Hall–Kier alpha value is -3.08. The molecular formula is C21H23F3N4O4. The van der Waals surface area contributed by atoms with Crippen molar-refractivity contribution in [3.05, 3.63) is 30.3 Å². The molecule has 0 aliphatic carbocycles. The van der Waals surface area contributed by atoms with E-state index in [0.29, 0.717) is 37.3 Å². The van der Waals surface area contributed by atoms with Gasteiger partial charge in [-0.05, 0) is 25.0 Å². The molecule has 11 heteroatoms. The molecule has 2 aliphatic heterocycles. The minimum absolute atomic E-state index is 0.0368. The van der Waals surface area contributed by atoms with Crippen LogP contribution in [-0.2, 0) is 14.3 Å². The van der Waals surface area contributed by atoms with Crippen LogP contribution in [-0.4, -0.2) is 47.7 Å². The summed E-state index contributed by atoms with van der Waals surface area (Å²) < 4.78 is 49.2. The van der Waals surface area contributed by atoms with Crippen LogP contribution >= 0.6 is 0 Å². The smallest absolute Gasteiger partial charge is 0.406 e. The standard InChI is InChI=1S/C21H23F3N4O4/c1-12-16(11-25-19(12)29)20(30)26-18-10-17(28(27-18)14-5-7-31-8-6-14)13-3-2-4-15(9-13)32-21(22,23)24/h2-4,9-10,12,14,16H,5-8,11H2,1H3,(H,25,29)(H,26,27,30)/t12-,16+/m1/s1. The summed E-state index contributed by atoms with van der Waals surface area (Å²) in [6, 6.07) is 7.21. The van der Waals surface area contributed by atoms with Crippen molar-refractivity contribution in [1.29, 1.82) is 0 Å². The molecular weight excluding hydrogens is 429 g/mol. The van der Waals surface area contributed by atoms with Gasteiger partial charge >= 0.3 is 6.36 Å². The average molecular weight is 452 g/mol. The Kier molecular flexibility index (Phi) is 6.09. The molecule has 1 aromatic heterocycles. The van der Waals surface area contributed by atoms with Gasteiger partial charge in [0.05, 0.1) is 17.7 Å². The third-order valence-corrected chi connectivity index (χ3v) is 5.74. The monoisotopic (exact) mass is 452 g/mol. The Morgan fingerprint density at radius 2 is 2.03 bits per heavy atom. The van der Waals surface area contributed by atoms with Gasteiger partial charge in [0, 0.05) is 37.3 Å². The molecule has 2 atom stereocenters. The topological polar surface area (TPSA) is 94.5 Å². The first-order valence-electron chi connectivity index (χ1n) is 10.3. The molecule has 32 heavy (non-hydrogen) atoms. The number of nitrogens with zero attached hydrogens (tertiary/aromatic N) is 2. The molecule has 4 rings (SSSR count). The molecule has 2 saturated heterocycles. The van der Waals surface area contributed by atoms with Crippen LogP contribution in [0.5, 0.6) is 5.75 Å². The predicted octanol–water partition coefficient (Wildman–Crippen LogP) is 3.12. The van der Waals surface area contributed by atoms with Gasteiger partial charge in [-0.25, -0.2) is 0 Å².